The second kappa shape index (κ2) is 4.70. The zero-order valence-corrected chi connectivity index (χ0v) is 14.0. The van der Waals surface area contributed by atoms with Crippen LogP contribution < -0.4 is 10.0 Å². The van der Waals surface area contributed by atoms with E-state index in [-0.39, 0.29) is 5.60 Å². The van der Waals surface area contributed by atoms with Crippen LogP contribution in [0.3, 0.4) is 0 Å². The molecule has 2 aromatic heterocycles. The molecule has 0 radical (unpaired) electrons. The van der Waals surface area contributed by atoms with Crippen LogP contribution in [0.5, 0.6) is 0 Å². The van der Waals surface area contributed by atoms with E-state index in [1.54, 1.807) is 19.6 Å². The molecule has 0 amide bonds. The van der Waals surface area contributed by atoms with Gasteiger partial charge in [0.25, 0.3) is 0 Å². The van der Waals surface area contributed by atoms with Crippen molar-refractivity contribution in [3.8, 4) is 5.69 Å². The number of aliphatic imine (C=N–C) groups is 1. The van der Waals surface area contributed by atoms with Crippen LogP contribution >= 0.6 is 0 Å². The molecule has 4 heterocycles. The van der Waals surface area contributed by atoms with Crippen LogP contribution in [0.25, 0.3) is 5.69 Å². The molecular weight excluding hydrogens is 334 g/mol. The van der Waals surface area contributed by atoms with E-state index >= 15 is 0 Å². The molecule has 1 aromatic carbocycles. The second-order valence-corrected chi connectivity index (χ2v) is 6.57. The topological polar surface area (TPSA) is 84.8 Å². The van der Waals surface area contributed by atoms with E-state index in [0.29, 0.717) is 18.5 Å². The standard InChI is InChI=1S/C17H15N7O2/c1-25-17(6-7-17)15-20-16(26-21-15)23-10-19-14-11-4-2-3-5-12(11)22-9-18-8-13(22)24(14)23/h2-5,8-9H,6-7,10H2,1H3. The monoisotopic (exact) mass is 349 g/mol. The quantitative estimate of drug-likeness (QED) is 0.713. The first-order chi connectivity index (χ1) is 12.8. The molecule has 26 heavy (non-hydrogen) atoms. The molecule has 2 aliphatic heterocycles. The summed E-state index contributed by atoms with van der Waals surface area (Å²) in [6.45, 7) is 0.399. The third-order valence-electron chi connectivity index (χ3n) is 5.18. The van der Waals surface area contributed by atoms with Gasteiger partial charge in [0.2, 0.25) is 5.82 Å². The zero-order chi connectivity index (χ0) is 17.3. The number of anilines is 2. The number of hydrazine groups is 1. The highest BCUT2D eigenvalue weighted by Gasteiger charge is 2.50. The molecule has 0 atom stereocenters. The van der Waals surface area contributed by atoms with Gasteiger partial charge in [-0.25, -0.2) is 20.0 Å². The molecule has 1 saturated carbocycles. The summed E-state index contributed by atoms with van der Waals surface area (Å²) >= 11 is 0. The van der Waals surface area contributed by atoms with Crippen molar-refractivity contribution in [2.45, 2.75) is 18.4 Å². The largest absolute Gasteiger partial charge is 0.370 e. The van der Waals surface area contributed by atoms with E-state index < -0.39 is 0 Å². The Morgan fingerprint density at radius 3 is 2.96 bits per heavy atom. The average molecular weight is 349 g/mol. The minimum absolute atomic E-state index is 0.387. The van der Waals surface area contributed by atoms with Gasteiger partial charge in [0, 0.05) is 12.7 Å². The highest BCUT2D eigenvalue weighted by Crippen LogP contribution is 2.47. The summed E-state index contributed by atoms with van der Waals surface area (Å²) in [4.78, 5) is 13.6. The van der Waals surface area contributed by atoms with Gasteiger partial charge in [-0.3, -0.25) is 4.57 Å². The van der Waals surface area contributed by atoms with Crippen LogP contribution in [0, 0.1) is 0 Å². The summed E-state index contributed by atoms with van der Waals surface area (Å²) in [7, 11) is 1.68. The number of para-hydroxylation sites is 1. The van der Waals surface area contributed by atoms with Crippen LogP contribution in [0.1, 0.15) is 24.2 Å². The molecule has 0 saturated heterocycles. The lowest BCUT2D eigenvalue weighted by Crippen LogP contribution is -2.45. The van der Waals surface area contributed by atoms with Crippen molar-refractivity contribution in [2.24, 2.45) is 4.99 Å². The fourth-order valence-corrected chi connectivity index (χ4v) is 3.60. The molecule has 0 unspecified atom stereocenters. The van der Waals surface area contributed by atoms with Gasteiger partial charge in [0.05, 0.1) is 11.9 Å². The predicted molar refractivity (Wildman–Crippen MR) is 92.1 cm³/mol. The molecule has 3 aromatic rings. The van der Waals surface area contributed by atoms with Gasteiger partial charge < -0.3 is 9.26 Å². The van der Waals surface area contributed by atoms with Crippen molar-refractivity contribution in [3.63, 3.8) is 0 Å². The number of hydrogen-bond donors (Lipinski definition) is 0. The number of nitrogens with zero attached hydrogens (tertiary/aromatic N) is 7. The first kappa shape index (κ1) is 14.0. The minimum Gasteiger partial charge on any atom is -0.370 e. The Morgan fingerprint density at radius 1 is 1.23 bits per heavy atom. The Kier molecular flexibility index (Phi) is 2.53. The summed E-state index contributed by atoms with van der Waals surface area (Å²) in [5.74, 6) is 2.32. The number of methoxy groups -OCH3 is 1. The number of hydrogen-bond acceptors (Lipinski definition) is 8. The summed E-state index contributed by atoms with van der Waals surface area (Å²) in [5, 5.41) is 7.97. The number of rotatable bonds is 3. The van der Waals surface area contributed by atoms with Crippen LogP contribution in [-0.2, 0) is 10.3 Å². The highest BCUT2D eigenvalue weighted by molar-refractivity contribution is 6.16. The molecule has 3 aliphatic rings. The first-order valence-corrected chi connectivity index (χ1v) is 8.44. The Bertz CT molecular complexity index is 1050. The normalized spacial score (nSPS) is 19.0. The van der Waals surface area contributed by atoms with Gasteiger partial charge in [-0.15, -0.1) is 0 Å². The summed E-state index contributed by atoms with van der Waals surface area (Å²) in [6, 6.07) is 8.52. The maximum Gasteiger partial charge on any atom is 0.345 e. The van der Waals surface area contributed by atoms with Gasteiger partial charge in [0.15, 0.2) is 11.7 Å². The van der Waals surface area contributed by atoms with Gasteiger partial charge >= 0.3 is 6.01 Å². The van der Waals surface area contributed by atoms with Crippen LogP contribution in [0.4, 0.5) is 11.8 Å². The molecular formula is C17H15N7O2. The maximum absolute atomic E-state index is 5.55. The SMILES string of the molecule is COC1(c2noc(N3CN=C4c5ccccc5-n5cncc5N43)n2)CC1. The van der Waals surface area contributed by atoms with E-state index in [1.807, 2.05) is 26.7 Å². The number of amidine groups is 1. The van der Waals surface area contributed by atoms with Crippen molar-refractivity contribution < 1.29 is 9.26 Å². The van der Waals surface area contributed by atoms with E-state index in [1.165, 1.54) is 0 Å². The van der Waals surface area contributed by atoms with E-state index in [2.05, 4.69) is 27.3 Å². The van der Waals surface area contributed by atoms with E-state index in [0.717, 1.165) is 35.7 Å². The van der Waals surface area contributed by atoms with Gasteiger partial charge in [0.1, 0.15) is 18.6 Å². The Labute approximate surface area is 148 Å². The number of fused-ring (bicyclic) bond motifs is 6. The third kappa shape index (κ3) is 1.67. The average Bonchev–Trinajstić information content (AvgIpc) is 3.09. The molecule has 1 fully saturated rings. The number of imidazole rings is 1. The molecule has 9 heteroatoms. The summed E-state index contributed by atoms with van der Waals surface area (Å²) < 4.78 is 13.1. The van der Waals surface area contributed by atoms with E-state index in [4.69, 9.17) is 14.3 Å². The van der Waals surface area contributed by atoms with Crippen molar-refractivity contribution >= 4 is 17.7 Å². The maximum atomic E-state index is 5.55. The number of aromatic nitrogens is 4. The summed E-state index contributed by atoms with van der Waals surface area (Å²) in [6.07, 6.45) is 5.42. The minimum atomic E-state index is -0.387. The van der Waals surface area contributed by atoms with Crippen molar-refractivity contribution in [1.82, 2.24) is 19.7 Å². The molecule has 1 aliphatic carbocycles. The van der Waals surface area contributed by atoms with E-state index in [9.17, 15) is 0 Å². The van der Waals surface area contributed by atoms with Gasteiger partial charge in [-0.2, -0.15) is 4.98 Å². The molecule has 0 spiro atoms. The zero-order valence-electron chi connectivity index (χ0n) is 14.0. The van der Waals surface area contributed by atoms with Crippen molar-refractivity contribution in [3.05, 3.63) is 48.2 Å². The fourth-order valence-electron chi connectivity index (χ4n) is 3.60. The second-order valence-electron chi connectivity index (χ2n) is 6.57. The molecule has 6 rings (SSSR count). The fraction of sp³-hybridized carbons (Fsp3) is 0.294. The third-order valence-corrected chi connectivity index (χ3v) is 5.18. The first-order valence-electron chi connectivity index (χ1n) is 8.44. The van der Waals surface area contributed by atoms with Gasteiger partial charge in [-0.1, -0.05) is 17.3 Å². The van der Waals surface area contributed by atoms with Crippen LogP contribution in [0.15, 0.2) is 46.3 Å². The number of ether oxygens (including phenoxy) is 1. The lowest BCUT2D eigenvalue weighted by Gasteiger charge is -2.32. The van der Waals surface area contributed by atoms with Crippen LogP contribution in [0.2, 0.25) is 0 Å². The number of benzene rings is 1. The Hall–Kier alpha value is -3.20. The van der Waals surface area contributed by atoms with Crippen molar-refractivity contribution in [1.29, 1.82) is 0 Å². The lowest BCUT2D eigenvalue weighted by molar-refractivity contribution is 0.0689. The molecule has 9 nitrogen and oxygen atoms in total. The van der Waals surface area contributed by atoms with Gasteiger partial charge in [-0.05, 0) is 25.0 Å². The smallest absolute Gasteiger partial charge is 0.345 e. The molecule has 0 bridgehead atoms. The highest BCUT2D eigenvalue weighted by atomic mass is 16.5. The molecule has 0 N–H and O–H groups in total. The molecule has 130 valence electrons. The predicted octanol–water partition coefficient (Wildman–Crippen LogP) is 1.85. The van der Waals surface area contributed by atoms with Crippen molar-refractivity contribution in [2.75, 3.05) is 23.8 Å². The lowest BCUT2D eigenvalue weighted by atomic mass is 10.1. The summed E-state index contributed by atoms with van der Waals surface area (Å²) in [5.41, 5.74) is 1.71. The van der Waals surface area contributed by atoms with Crippen LogP contribution in [-0.4, -0.2) is 39.3 Å². The Balaban J connectivity index is 1.44. The Morgan fingerprint density at radius 2 is 2.12 bits per heavy atom.